The summed E-state index contributed by atoms with van der Waals surface area (Å²) >= 11 is 6.14. The number of amides is 3. The van der Waals surface area contributed by atoms with Crippen molar-refractivity contribution in [3.05, 3.63) is 81.4 Å². The zero-order chi connectivity index (χ0) is 26.2. The molecule has 1 N–H and O–H groups in total. The number of carbonyl (C=O) groups excluding carboxylic acids is 3. The van der Waals surface area contributed by atoms with Crippen LogP contribution in [0.25, 0.3) is 9.69 Å². The summed E-state index contributed by atoms with van der Waals surface area (Å²) in [6.45, 7) is 18.9. The molecule has 0 bridgehead atoms. The molecule has 2 aromatic rings. The van der Waals surface area contributed by atoms with Gasteiger partial charge in [0, 0.05) is 29.9 Å². The third-order valence-corrected chi connectivity index (χ3v) is 7.27. The van der Waals surface area contributed by atoms with E-state index in [1.807, 2.05) is 38.1 Å². The van der Waals surface area contributed by atoms with Gasteiger partial charge in [-0.2, -0.15) is 0 Å². The highest BCUT2D eigenvalue weighted by atomic mass is 35.5. The second-order valence-corrected chi connectivity index (χ2v) is 10.1. The zero-order valence-electron chi connectivity index (χ0n) is 20.3. The summed E-state index contributed by atoms with van der Waals surface area (Å²) in [5.74, 6) is -0.907. The maximum atomic E-state index is 13.9. The van der Waals surface area contributed by atoms with Crippen molar-refractivity contribution >= 4 is 40.7 Å². The summed E-state index contributed by atoms with van der Waals surface area (Å²) in [5.41, 5.74) is 1.00. The van der Waals surface area contributed by atoms with Crippen LogP contribution in [0, 0.1) is 19.1 Å². The molecule has 36 heavy (non-hydrogen) atoms. The molecule has 0 aromatic heterocycles. The summed E-state index contributed by atoms with van der Waals surface area (Å²) in [6, 6.07) is 10.9. The van der Waals surface area contributed by atoms with Crippen molar-refractivity contribution in [2.24, 2.45) is 5.92 Å². The van der Waals surface area contributed by atoms with Crippen LogP contribution in [0.2, 0.25) is 5.02 Å². The number of anilines is 1. The van der Waals surface area contributed by atoms with Crippen LogP contribution in [0.3, 0.4) is 0 Å². The molecule has 2 heterocycles. The number of rotatable bonds is 5. The number of fused-ring (bicyclic) bond motifs is 2. The molecule has 184 valence electrons. The minimum atomic E-state index is -0.991. The summed E-state index contributed by atoms with van der Waals surface area (Å²) in [6.07, 6.45) is -0.239. The molecule has 1 saturated heterocycles. The average molecular weight is 504 g/mol. The van der Waals surface area contributed by atoms with Crippen LogP contribution in [0.15, 0.2) is 42.5 Å². The third-order valence-electron chi connectivity index (χ3n) is 6.97. The molecule has 4 rings (SSSR count). The summed E-state index contributed by atoms with van der Waals surface area (Å²) < 4.78 is 0. The SMILES string of the molecule is [C-]#[N+]c1ccc(C(=O)N(C)[C@@H](CC(C)C)C(=O)N2C[C@]3(C[C@H]2[N+]#[C-])C(=O)Nc2ccccc23)cc1Cl. The first-order valence-electron chi connectivity index (χ1n) is 11.6. The Morgan fingerprint density at radius 3 is 2.61 bits per heavy atom. The topological polar surface area (TPSA) is 78.4 Å². The van der Waals surface area contributed by atoms with E-state index in [4.69, 9.17) is 24.7 Å². The first kappa shape index (κ1) is 25.2. The van der Waals surface area contributed by atoms with Crippen LogP contribution in [0.5, 0.6) is 0 Å². The number of nitrogens with zero attached hydrogens (tertiary/aromatic N) is 4. The van der Waals surface area contributed by atoms with Crippen molar-refractivity contribution in [2.45, 2.75) is 44.3 Å². The van der Waals surface area contributed by atoms with Crippen LogP contribution in [0.1, 0.15) is 42.6 Å². The van der Waals surface area contributed by atoms with Gasteiger partial charge in [-0.25, -0.2) is 11.4 Å². The van der Waals surface area contributed by atoms with Crippen LogP contribution in [0.4, 0.5) is 11.4 Å². The predicted molar refractivity (Wildman–Crippen MR) is 137 cm³/mol. The number of likely N-dealkylation sites (N-methyl/N-ethyl adjacent to an activating group) is 1. The van der Waals surface area contributed by atoms with Crippen molar-refractivity contribution < 1.29 is 14.4 Å². The lowest BCUT2D eigenvalue weighted by Gasteiger charge is -2.32. The predicted octanol–water partition coefficient (Wildman–Crippen LogP) is 4.75. The van der Waals surface area contributed by atoms with E-state index in [-0.39, 0.29) is 47.0 Å². The Morgan fingerprint density at radius 2 is 1.97 bits per heavy atom. The first-order valence-corrected chi connectivity index (χ1v) is 12.0. The second-order valence-electron chi connectivity index (χ2n) is 9.70. The fourth-order valence-electron chi connectivity index (χ4n) is 5.09. The third kappa shape index (κ3) is 4.19. The number of nitrogens with one attached hydrogen (secondary N) is 1. The first-order chi connectivity index (χ1) is 17.1. The van der Waals surface area contributed by atoms with Gasteiger partial charge in [-0.05, 0) is 30.0 Å². The monoisotopic (exact) mass is 503 g/mol. The van der Waals surface area contributed by atoms with Gasteiger partial charge in [-0.1, -0.05) is 55.8 Å². The van der Waals surface area contributed by atoms with Gasteiger partial charge in [0.1, 0.15) is 11.5 Å². The molecule has 0 radical (unpaired) electrons. The molecule has 1 spiro atoms. The molecule has 9 heteroatoms. The molecule has 2 aliphatic rings. The normalized spacial score (nSPS) is 21.0. The van der Waals surface area contributed by atoms with Crippen LogP contribution in [-0.4, -0.2) is 53.3 Å². The number of para-hydroxylation sites is 1. The number of hydrogen-bond donors (Lipinski definition) is 1. The minimum absolute atomic E-state index is 0.0733. The molecular weight excluding hydrogens is 478 g/mol. The highest BCUT2D eigenvalue weighted by Gasteiger charge is 2.59. The summed E-state index contributed by atoms with van der Waals surface area (Å²) in [5, 5.41) is 3.06. The van der Waals surface area contributed by atoms with Crippen LogP contribution in [-0.2, 0) is 15.0 Å². The fraction of sp³-hybridized carbons (Fsp3) is 0.370. The molecule has 1 fully saturated rings. The van der Waals surface area contributed by atoms with E-state index in [2.05, 4.69) is 15.0 Å². The molecule has 2 aliphatic heterocycles. The fourth-order valence-corrected chi connectivity index (χ4v) is 5.32. The van der Waals surface area contributed by atoms with E-state index in [0.29, 0.717) is 12.1 Å². The van der Waals surface area contributed by atoms with Gasteiger partial charge in [0.2, 0.25) is 11.6 Å². The van der Waals surface area contributed by atoms with Gasteiger partial charge < -0.3 is 10.2 Å². The van der Waals surface area contributed by atoms with Crippen molar-refractivity contribution in [1.82, 2.24) is 9.80 Å². The summed E-state index contributed by atoms with van der Waals surface area (Å²) in [4.78, 5) is 50.2. The van der Waals surface area contributed by atoms with E-state index in [0.717, 1.165) is 5.56 Å². The lowest BCUT2D eigenvalue weighted by Crippen LogP contribution is -2.51. The molecule has 0 aliphatic carbocycles. The van der Waals surface area contributed by atoms with Crippen LogP contribution >= 0.6 is 11.6 Å². The van der Waals surface area contributed by atoms with E-state index in [1.54, 1.807) is 7.05 Å². The second kappa shape index (κ2) is 9.64. The average Bonchev–Trinajstić information content (AvgIpc) is 3.39. The van der Waals surface area contributed by atoms with E-state index in [1.165, 1.54) is 28.0 Å². The Bertz CT molecular complexity index is 1330. The lowest BCUT2D eigenvalue weighted by molar-refractivity contribution is -0.136. The number of benzene rings is 2. The number of hydrogen-bond acceptors (Lipinski definition) is 3. The van der Waals surface area contributed by atoms with Gasteiger partial charge in [-0.3, -0.25) is 24.1 Å². The van der Waals surface area contributed by atoms with Crippen molar-refractivity contribution in [3.8, 4) is 0 Å². The van der Waals surface area contributed by atoms with Gasteiger partial charge >= 0.3 is 6.17 Å². The largest absolute Gasteiger partial charge is 0.330 e. The lowest BCUT2D eigenvalue weighted by atomic mass is 9.80. The van der Waals surface area contributed by atoms with Gasteiger partial charge in [0.15, 0.2) is 0 Å². The van der Waals surface area contributed by atoms with E-state index >= 15 is 0 Å². The standard InChI is InChI=1S/C27H26ClN5O3/c1-16(2)12-22(32(5)24(34)17-10-11-21(29-3)19(28)13-17)25(35)33-15-27(14-23(33)30-4)18-8-6-7-9-20(18)31-26(27)36/h6-11,13,16,22-23H,12,14-15H2,1-2,5H3,(H,31,36)/t22-,23-,27-/m0/s1. The van der Waals surface area contributed by atoms with Gasteiger partial charge in [0.25, 0.3) is 11.8 Å². The zero-order valence-corrected chi connectivity index (χ0v) is 21.0. The number of carbonyl (C=O) groups is 3. The van der Waals surface area contributed by atoms with E-state index in [9.17, 15) is 14.4 Å². The Labute approximate surface area is 215 Å². The maximum absolute atomic E-state index is 13.9. The number of halogens is 1. The molecule has 0 unspecified atom stereocenters. The van der Waals surface area contributed by atoms with E-state index < -0.39 is 23.5 Å². The molecule has 2 aromatic carbocycles. The number of likely N-dealkylation sites (tertiary alicyclic amines) is 1. The highest BCUT2D eigenvalue weighted by molar-refractivity contribution is 6.33. The highest BCUT2D eigenvalue weighted by Crippen LogP contribution is 2.47. The minimum Gasteiger partial charge on any atom is -0.330 e. The van der Waals surface area contributed by atoms with Crippen LogP contribution < -0.4 is 5.32 Å². The Hall–Kier alpha value is -3.88. The summed E-state index contributed by atoms with van der Waals surface area (Å²) in [7, 11) is 1.56. The molecule has 3 amide bonds. The van der Waals surface area contributed by atoms with Crippen molar-refractivity contribution in [2.75, 3.05) is 18.9 Å². The molecule has 8 nitrogen and oxygen atoms in total. The smallest absolute Gasteiger partial charge is 0.302 e. The van der Waals surface area contributed by atoms with Gasteiger partial charge in [-0.15, -0.1) is 0 Å². The van der Waals surface area contributed by atoms with Crippen molar-refractivity contribution in [1.29, 1.82) is 0 Å². The molecular formula is C27H26ClN5O3. The Kier molecular flexibility index (Phi) is 6.75. The Morgan fingerprint density at radius 1 is 1.25 bits per heavy atom. The van der Waals surface area contributed by atoms with Gasteiger partial charge in [0.05, 0.1) is 13.0 Å². The molecule has 0 saturated carbocycles. The molecule has 3 atom stereocenters. The van der Waals surface area contributed by atoms with Crippen molar-refractivity contribution in [3.63, 3.8) is 0 Å². The Balaban J connectivity index is 1.65. The quantitative estimate of drug-likeness (QED) is 0.598. The maximum Gasteiger partial charge on any atom is 0.302 e.